The van der Waals surface area contributed by atoms with Crippen LogP contribution in [0.15, 0.2) is 24.3 Å². The Morgan fingerprint density at radius 3 is 2.80 bits per heavy atom. The molecule has 1 aliphatic rings. The minimum Gasteiger partial charge on any atom is -0.497 e. The second-order valence-electron chi connectivity index (χ2n) is 5.54. The number of benzene rings is 1. The Kier molecular flexibility index (Phi) is 5.41. The smallest absolute Gasteiger partial charge is 0.236 e. The number of hydrogen-bond acceptors (Lipinski definition) is 3. The van der Waals surface area contributed by atoms with Crippen LogP contribution in [0.2, 0.25) is 0 Å². The van der Waals surface area contributed by atoms with E-state index in [1.165, 1.54) is 6.42 Å². The number of hydrogen-bond donors (Lipinski definition) is 1. The van der Waals surface area contributed by atoms with E-state index >= 15 is 0 Å². The second kappa shape index (κ2) is 7.29. The van der Waals surface area contributed by atoms with Gasteiger partial charge in [-0.1, -0.05) is 19.1 Å². The van der Waals surface area contributed by atoms with Crippen molar-refractivity contribution in [2.45, 2.75) is 26.3 Å². The largest absolute Gasteiger partial charge is 0.497 e. The lowest BCUT2D eigenvalue weighted by atomic mass is 10.0. The van der Waals surface area contributed by atoms with Crippen molar-refractivity contribution >= 4 is 5.91 Å². The fourth-order valence-electron chi connectivity index (χ4n) is 2.58. The zero-order valence-corrected chi connectivity index (χ0v) is 12.4. The summed E-state index contributed by atoms with van der Waals surface area (Å²) in [6, 6.07) is 7.90. The molecule has 1 aromatic carbocycles. The van der Waals surface area contributed by atoms with Gasteiger partial charge in [0.1, 0.15) is 5.75 Å². The van der Waals surface area contributed by atoms with Crippen LogP contribution >= 0.6 is 0 Å². The van der Waals surface area contributed by atoms with Crippen molar-refractivity contribution in [3.63, 3.8) is 0 Å². The van der Waals surface area contributed by atoms with Crippen LogP contribution in [-0.4, -0.2) is 37.6 Å². The highest BCUT2D eigenvalue weighted by Crippen LogP contribution is 2.15. The van der Waals surface area contributed by atoms with Crippen molar-refractivity contribution < 1.29 is 9.53 Å². The molecule has 1 heterocycles. The van der Waals surface area contributed by atoms with Crippen LogP contribution in [0.1, 0.15) is 25.3 Å². The third kappa shape index (κ3) is 4.23. The van der Waals surface area contributed by atoms with Gasteiger partial charge in [-0.3, -0.25) is 4.79 Å². The lowest BCUT2D eigenvalue weighted by Crippen LogP contribution is -2.43. The number of methoxy groups -OCH3 is 1. The number of nitrogens with one attached hydrogen (secondary N) is 1. The number of nitrogens with zero attached hydrogens (tertiary/aromatic N) is 1. The van der Waals surface area contributed by atoms with Gasteiger partial charge in [-0.2, -0.15) is 0 Å². The maximum absolute atomic E-state index is 12.1. The Labute approximate surface area is 121 Å². The van der Waals surface area contributed by atoms with Crippen LogP contribution in [0.25, 0.3) is 0 Å². The standard InChI is InChI=1S/C16H24N2O2/c1-13-4-3-9-18(12-13)16(19)11-17-10-14-5-7-15(20-2)8-6-14/h5-8,13,17H,3-4,9-12H2,1-2H3. The number of carbonyl (C=O) groups is 1. The highest BCUT2D eigenvalue weighted by Gasteiger charge is 2.20. The van der Waals surface area contributed by atoms with Crippen molar-refractivity contribution in [3.8, 4) is 5.75 Å². The normalized spacial score (nSPS) is 18.9. The highest BCUT2D eigenvalue weighted by molar-refractivity contribution is 5.78. The number of likely N-dealkylation sites (tertiary alicyclic amines) is 1. The van der Waals surface area contributed by atoms with Gasteiger partial charge in [0.05, 0.1) is 13.7 Å². The number of rotatable bonds is 5. The molecule has 0 aliphatic carbocycles. The van der Waals surface area contributed by atoms with Gasteiger partial charge < -0.3 is 15.0 Å². The fraction of sp³-hybridized carbons (Fsp3) is 0.562. The van der Waals surface area contributed by atoms with Crippen LogP contribution in [0.3, 0.4) is 0 Å². The first-order valence-electron chi connectivity index (χ1n) is 7.30. The highest BCUT2D eigenvalue weighted by atomic mass is 16.5. The van der Waals surface area contributed by atoms with Crippen LogP contribution < -0.4 is 10.1 Å². The van der Waals surface area contributed by atoms with E-state index in [0.717, 1.165) is 30.8 Å². The van der Waals surface area contributed by atoms with Crippen LogP contribution in [-0.2, 0) is 11.3 Å². The number of ether oxygens (including phenoxy) is 1. The molecule has 0 spiro atoms. The minimum absolute atomic E-state index is 0.213. The maximum Gasteiger partial charge on any atom is 0.236 e. The fourth-order valence-corrected chi connectivity index (χ4v) is 2.58. The van der Waals surface area contributed by atoms with E-state index in [1.807, 2.05) is 29.2 Å². The molecule has 1 N–H and O–H groups in total. The third-order valence-corrected chi connectivity index (χ3v) is 3.77. The Morgan fingerprint density at radius 2 is 2.15 bits per heavy atom. The van der Waals surface area contributed by atoms with Crippen molar-refractivity contribution in [1.29, 1.82) is 0 Å². The van der Waals surface area contributed by atoms with Gasteiger partial charge in [-0.15, -0.1) is 0 Å². The molecule has 4 nitrogen and oxygen atoms in total. The summed E-state index contributed by atoms with van der Waals surface area (Å²) in [4.78, 5) is 14.1. The van der Waals surface area contributed by atoms with Gasteiger partial charge in [-0.05, 0) is 36.5 Å². The Bertz CT molecular complexity index is 431. The van der Waals surface area contributed by atoms with E-state index in [-0.39, 0.29) is 5.91 Å². The molecular weight excluding hydrogens is 252 g/mol. The molecule has 0 aromatic heterocycles. The van der Waals surface area contributed by atoms with E-state index in [1.54, 1.807) is 7.11 Å². The van der Waals surface area contributed by atoms with Gasteiger partial charge in [0.2, 0.25) is 5.91 Å². The van der Waals surface area contributed by atoms with Crippen molar-refractivity contribution in [3.05, 3.63) is 29.8 Å². The molecule has 0 saturated carbocycles. The number of amides is 1. The Morgan fingerprint density at radius 1 is 1.40 bits per heavy atom. The summed E-state index contributed by atoms with van der Waals surface area (Å²) >= 11 is 0. The monoisotopic (exact) mass is 276 g/mol. The maximum atomic E-state index is 12.1. The van der Waals surface area contributed by atoms with Crippen molar-refractivity contribution in [2.75, 3.05) is 26.7 Å². The lowest BCUT2D eigenvalue weighted by Gasteiger charge is -2.31. The third-order valence-electron chi connectivity index (χ3n) is 3.77. The zero-order valence-electron chi connectivity index (χ0n) is 12.4. The molecule has 0 bridgehead atoms. The topological polar surface area (TPSA) is 41.6 Å². The van der Waals surface area contributed by atoms with Gasteiger partial charge in [0, 0.05) is 19.6 Å². The molecular formula is C16H24N2O2. The van der Waals surface area contributed by atoms with Crippen LogP contribution in [0, 0.1) is 5.92 Å². The van der Waals surface area contributed by atoms with E-state index in [4.69, 9.17) is 4.74 Å². The first kappa shape index (κ1) is 14.9. The first-order valence-corrected chi connectivity index (χ1v) is 7.30. The van der Waals surface area contributed by atoms with E-state index in [0.29, 0.717) is 19.0 Å². The molecule has 1 unspecified atom stereocenters. The molecule has 1 aromatic rings. The summed E-state index contributed by atoms with van der Waals surface area (Å²) in [6.07, 6.45) is 2.37. The van der Waals surface area contributed by atoms with Crippen LogP contribution in [0.4, 0.5) is 0 Å². The van der Waals surface area contributed by atoms with Crippen molar-refractivity contribution in [2.24, 2.45) is 5.92 Å². The lowest BCUT2D eigenvalue weighted by molar-refractivity contribution is -0.131. The predicted molar refractivity (Wildman–Crippen MR) is 79.7 cm³/mol. The Balaban J connectivity index is 1.73. The molecule has 1 saturated heterocycles. The summed E-state index contributed by atoms with van der Waals surface area (Å²) in [6.45, 7) is 5.15. The van der Waals surface area contributed by atoms with E-state index < -0.39 is 0 Å². The zero-order chi connectivity index (χ0) is 14.4. The van der Waals surface area contributed by atoms with E-state index in [9.17, 15) is 4.79 Å². The molecule has 1 aliphatic heterocycles. The first-order chi connectivity index (χ1) is 9.69. The molecule has 1 amide bonds. The second-order valence-corrected chi connectivity index (χ2v) is 5.54. The van der Waals surface area contributed by atoms with Crippen molar-refractivity contribution in [1.82, 2.24) is 10.2 Å². The summed E-state index contributed by atoms with van der Waals surface area (Å²) in [5.74, 6) is 1.70. The molecule has 1 atom stereocenters. The molecule has 20 heavy (non-hydrogen) atoms. The SMILES string of the molecule is COc1ccc(CNCC(=O)N2CCCC(C)C2)cc1. The van der Waals surface area contributed by atoms with E-state index in [2.05, 4.69) is 12.2 Å². The van der Waals surface area contributed by atoms with Gasteiger partial charge in [-0.25, -0.2) is 0 Å². The van der Waals surface area contributed by atoms with Gasteiger partial charge in [0.15, 0.2) is 0 Å². The average molecular weight is 276 g/mol. The summed E-state index contributed by atoms with van der Waals surface area (Å²) in [5.41, 5.74) is 1.16. The minimum atomic E-state index is 0.213. The Hall–Kier alpha value is -1.55. The van der Waals surface area contributed by atoms with Gasteiger partial charge in [0.25, 0.3) is 0 Å². The summed E-state index contributed by atoms with van der Waals surface area (Å²) in [7, 11) is 1.66. The predicted octanol–water partition coefficient (Wildman–Crippen LogP) is 2.04. The van der Waals surface area contributed by atoms with Crippen LogP contribution in [0.5, 0.6) is 5.75 Å². The summed E-state index contributed by atoms with van der Waals surface area (Å²) < 4.78 is 5.12. The average Bonchev–Trinajstić information content (AvgIpc) is 2.48. The molecule has 4 heteroatoms. The number of carbonyl (C=O) groups excluding carboxylic acids is 1. The summed E-state index contributed by atoms with van der Waals surface area (Å²) in [5, 5.41) is 3.22. The molecule has 1 fully saturated rings. The quantitative estimate of drug-likeness (QED) is 0.895. The number of piperidine rings is 1. The molecule has 0 radical (unpaired) electrons. The molecule has 2 rings (SSSR count). The molecule has 110 valence electrons. The van der Waals surface area contributed by atoms with Gasteiger partial charge >= 0.3 is 0 Å².